The van der Waals surface area contributed by atoms with E-state index in [1.807, 2.05) is 26.0 Å². The molecule has 0 aliphatic rings. The summed E-state index contributed by atoms with van der Waals surface area (Å²) < 4.78 is 5.71. The number of nitrogens with zero attached hydrogens (tertiary/aromatic N) is 2. The van der Waals surface area contributed by atoms with Crippen molar-refractivity contribution in [3.05, 3.63) is 46.4 Å². The fourth-order valence-corrected chi connectivity index (χ4v) is 1.96. The zero-order chi connectivity index (χ0) is 14.9. The van der Waals surface area contributed by atoms with E-state index in [1.165, 1.54) is 5.56 Å². The Labute approximate surface area is 125 Å². The predicted molar refractivity (Wildman–Crippen MR) is 81.7 cm³/mol. The van der Waals surface area contributed by atoms with Crippen LogP contribution in [0.5, 0.6) is 11.6 Å². The van der Waals surface area contributed by atoms with Crippen molar-refractivity contribution in [2.45, 2.75) is 40.0 Å². The largest absolute Gasteiger partial charge is 0.436 e. The lowest BCUT2D eigenvalue weighted by atomic mass is 9.87. The van der Waals surface area contributed by atoms with Gasteiger partial charge in [-0.1, -0.05) is 44.5 Å². The van der Waals surface area contributed by atoms with Gasteiger partial charge in [0.15, 0.2) is 5.15 Å². The Hall–Kier alpha value is -1.61. The molecule has 3 nitrogen and oxygen atoms in total. The molecule has 4 heteroatoms. The highest BCUT2D eigenvalue weighted by Crippen LogP contribution is 2.29. The van der Waals surface area contributed by atoms with Gasteiger partial charge >= 0.3 is 0 Å². The molecular formula is C16H19ClN2O. The number of hydrogen-bond acceptors (Lipinski definition) is 3. The Morgan fingerprint density at radius 1 is 0.950 bits per heavy atom. The Morgan fingerprint density at radius 3 is 2.05 bits per heavy atom. The first kappa shape index (κ1) is 14.8. The van der Waals surface area contributed by atoms with Crippen LogP contribution in [0.3, 0.4) is 0 Å². The molecule has 0 aliphatic heterocycles. The Balaban J connectivity index is 2.25. The third-order valence-corrected chi connectivity index (χ3v) is 3.42. The van der Waals surface area contributed by atoms with Crippen LogP contribution in [-0.2, 0) is 5.41 Å². The summed E-state index contributed by atoms with van der Waals surface area (Å²) >= 11 is 6.06. The topological polar surface area (TPSA) is 35.0 Å². The zero-order valence-corrected chi connectivity index (χ0v) is 13.2. The number of benzene rings is 1. The maximum Gasteiger partial charge on any atom is 0.257 e. The summed E-state index contributed by atoms with van der Waals surface area (Å²) in [5, 5.41) is 0.285. The molecule has 0 amide bonds. The van der Waals surface area contributed by atoms with Crippen LogP contribution in [0.1, 0.15) is 37.7 Å². The van der Waals surface area contributed by atoms with Crippen LogP contribution in [0.15, 0.2) is 24.3 Å². The molecule has 2 aromatic rings. The van der Waals surface area contributed by atoms with E-state index in [0.717, 1.165) is 11.4 Å². The maximum absolute atomic E-state index is 6.06. The monoisotopic (exact) mass is 290 g/mol. The van der Waals surface area contributed by atoms with Gasteiger partial charge in [0.1, 0.15) is 5.75 Å². The lowest BCUT2D eigenvalue weighted by molar-refractivity contribution is 0.457. The summed E-state index contributed by atoms with van der Waals surface area (Å²) in [5.74, 6) is 1.05. The summed E-state index contributed by atoms with van der Waals surface area (Å²) in [6.07, 6.45) is 0. The fourth-order valence-electron chi connectivity index (χ4n) is 1.75. The smallest absolute Gasteiger partial charge is 0.257 e. The molecule has 1 aromatic heterocycles. The Morgan fingerprint density at radius 2 is 1.50 bits per heavy atom. The van der Waals surface area contributed by atoms with Gasteiger partial charge in [-0.05, 0) is 37.0 Å². The Kier molecular flexibility index (Phi) is 4.00. The molecule has 0 aliphatic carbocycles. The molecule has 2 rings (SSSR count). The number of ether oxygens (including phenoxy) is 1. The van der Waals surface area contributed by atoms with Crippen LogP contribution in [0, 0.1) is 13.8 Å². The number of aromatic nitrogens is 2. The molecule has 0 fully saturated rings. The number of aryl methyl sites for hydroxylation is 2. The lowest BCUT2D eigenvalue weighted by Crippen LogP contribution is -2.10. The van der Waals surface area contributed by atoms with Gasteiger partial charge in [0.25, 0.3) is 5.88 Å². The first-order valence-corrected chi connectivity index (χ1v) is 6.94. The second kappa shape index (κ2) is 5.41. The minimum absolute atomic E-state index is 0.121. The standard InChI is InChI=1S/C16H19ClN2O/c1-10-11(2)19-15(14(17)18-10)20-13-8-6-12(7-9-13)16(3,4)5/h6-9H,1-5H3. The highest BCUT2D eigenvalue weighted by molar-refractivity contribution is 6.30. The van der Waals surface area contributed by atoms with Crippen molar-refractivity contribution in [3.8, 4) is 11.6 Å². The first-order chi connectivity index (χ1) is 9.27. The third kappa shape index (κ3) is 3.28. The molecule has 0 saturated carbocycles. The molecule has 0 atom stereocenters. The van der Waals surface area contributed by atoms with Gasteiger partial charge in [0.2, 0.25) is 0 Å². The molecule has 1 aromatic carbocycles. The van der Waals surface area contributed by atoms with Gasteiger partial charge < -0.3 is 4.74 Å². The van der Waals surface area contributed by atoms with Gasteiger partial charge in [0.05, 0.1) is 11.4 Å². The van der Waals surface area contributed by atoms with E-state index in [2.05, 4.69) is 42.9 Å². The van der Waals surface area contributed by atoms with Crippen LogP contribution in [-0.4, -0.2) is 9.97 Å². The highest BCUT2D eigenvalue weighted by Gasteiger charge is 2.14. The van der Waals surface area contributed by atoms with Crippen LogP contribution in [0.25, 0.3) is 0 Å². The van der Waals surface area contributed by atoms with Crippen molar-refractivity contribution >= 4 is 11.6 Å². The average Bonchev–Trinajstić information content (AvgIpc) is 2.35. The molecular weight excluding hydrogens is 272 g/mol. The fraction of sp³-hybridized carbons (Fsp3) is 0.375. The third-order valence-electron chi connectivity index (χ3n) is 3.17. The van der Waals surface area contributed by atoms with E-state index in [-0.39, 0.29) is 10.6 Å². The average molecular weight is 291 g/mol. The van der Waals surface area contributed by atoms with E-state index < -0.39 is 0 Å². The van der Waals surface area contributed by atoms with Crippen molar-refractivity contribution in [3.63, 3.8) is 0 Å². The zero-order valence-electron chi connectivity index (χ0n) is 12.5. The number of hydrogen-bond donors (Lipinski definition) is 0. The van der Waals surface area contributed by atoms with Gasteiger partial charge in [-0.15, -0.1) is 0 Å². The molecule has 1 heterocycles. The molecule has 20 heavy (non-hydrogen) atoms. The second-order valence-corrected chi connectivity index (χ2v) is 6.22. The molecule has 0 spiro atoms. The van der Waals surface area contributed by atoms with E-state index in [0.29, 0.717) is 11.6 Å². The molecule has 0 bridgehead atoms. The maximum atomic E-state index is 6.06. The Bertz CT molecular complexity index is 616. The molecule has 0 radical (unpaired) electrons. The molecule has 0 unspecified atom stereocenters. The minimum Gasteiger partial charge on any atom is -0.436 e. The summed E-state index contributed by atoms with van der Waals surface area (Å²) in [5.41, 5.74) is 3.00. The van der Waals surface area contributed by atoms with E-state index >= 15 is 0 Å². The normalized spacial score (nSPS) is 11.5. The summed E-state index contributed by atoms with van der Waals surface area (Å²) in [6, 6.07) is 7.96. The van der Waals surface area contributed by atoms with Crippen LogP contribution >= 0.6 is 11.6 Å². The highest BCUT2D eigenvalue weighted by atomic mass is 35.5. The van der Waals surface area contributed by atoms with Crippen molar-refractivity contribution in [2.75, 3.05) is 0 Å². The number of rotatable bonds is 2. The lowest BCUT2D eigenvalue weighted by Gasteiger charge is -2.19. The van der Waals surface area contributed by atoms with Gasteiger partial charge in [-0.3, -0.25) is 0 Å². The van der Waals surface area contributed by atoms with E-state index in [9.17, 15) is 0 Å². The van der Waals surface area contributed by atoms with E-state index in [1.54, 1.807) is 0 Å². The summed E-state index contributed by atoms with van der Waals surface area (Å²) in [7, 11) is 0. The van der Waals surface area contributed by atoms with Gasteiger partial charge in [-0.25, -0.2) is 9.97 Å². The minimum atomic E-state index is 0.121. The SMILES string of the molecule is Cc1nc(Cl)c(Oc2ccc(C(C)(C)C)cc2)nc1C. The summed E-state index contributed by atoms with van der Waals surface area (Å²) in [6.45, 7) is 10.3. The number of halogens is 1. The summed E-state index contributed by atoms with van der Waals surface area (Å²) in [4.78, 5) is 8.53. The van der Waals surface area contributed by atoms with Crippen molar-refractivity contribution in [2.24, 2.45) is 0 Å². The molecule has 106 valence electrons. The first-order valence-electron chi connectivity index (χ1n) is 6.56. The van der Waals surface area contributed by atoms with Crippen molar-refractivity contribution in [1.82, 2.24) is 9.97 Å². The molecule has 0 N–H and O–H groups in total. The predicted octanol–water partition coefficient (Wildman–Crippen LogP) is 4.84. The van der Waals surface area contributed by atoms with Crippen LogP contribution in [0.2, 0.25) is 5.15 Å². The molecule has 0 saturated heterocycles. The quantitative estimate of drug-likeness (QED) is 0.794. The van der Waals surface area contributed by atoms with Crippen molar-refractivity contribution < 1.29 is 4.74 Å². The van der Waals surface area contributed by atoms with E-state index in [4.69, 9.17) is 16.3 Å². The van der Waals surface area contributed by atoms with Crippen LogP contribution in [0.4, 0.5) is 0 Å². The van der Waals surface area contributed by atoms with Crippen molar-refractivity contribution in [1.29, 1.82) is 0 Å². The van der Waals surface area contributed by atoms with Gasteiger partial charge in [0, 0.05) is 0 Å². The van der Waals surface area contributed by atoms with Gasteiger partial charge in [-0.2, -0.15) is 0 Å². The van der Waals surface area contributed by atoms with Crippen LogP contribution < -0.4 is 4.74 Å². The second-order valence-electron chi connectivity index (χ2n) is 5.87.